The Bertz CT molecular complexity index is 816. The van der Waals surface area contributed by atoms with Gasteiger partial charge < -0.3 is 5.32 Å². The van der Waals surface area contributed by atoms with Crippen LogP contribution in [0.25, 0.3) is 11.3 Å². The Kier molecular flexibility index (Phi) is 3.75. The average molecular weight is 367 g/mol. The zero-order chi connectivity index (χ0) is 17.9. The van der Waals surface area contributed by atoms with E-state index in [9.17, 15) is 4.79 Å². The molecular formula is C22H26N2OS. The number of aryl methyl sites for hydroxylation is 2. The molecule has 1 aromatic carbocycles. The largest absolute Gasteiger partial charge is 0.301 e. The SMILES string of the molecule is Cc1ccc(-c2nc(NC(=O)C34CC5CC(CC(C5)C3)C4)sc2C)cc1. The minimum absolute atomic E-state index is 0.113. The summed E-state index contributed by atoms with van der Waals surface area (Å²) in [6.45, 7) is 4.18. The molecule has 26 heavy (non-hydrogen) atoms. The first-order chi connectivity index (χ1) is 12.5. The lowest BCUT2D eigenvalue weighted by atomic mass is 9.49. The van der Waals surface area contributed by atoms with Crippen molar-refractivity contribution in [3.8, 4) is 11.3 Å². The van der Waals surface area contributed by atoms with E-state index in [1.165, 1.54) is 24.8 Å². The Hall–Kier alpha value is -1.68. The number of hydrogen-bond donors (Lipinski definition) is 1. The third kappa shape index (κ3) is 2.70. The number of rotatable bonds is 3. The van der Waals surface area contributed by atoms with Gasteiger partial charge in [0.2, 0.25) is 5.91 Å². The minimum atomic E-state index is -0.113. The first-order valence-corrected chi connectivity index (χ1v) is 10.7. The maximum absolute atomic E-state index is 13.2. The highest BCUT2D eigenvalue weighted by atomic mass is 32.1. The van der Waals surface area contributed by atoms with E-state index in [1.807, 2.05) is 0 Å². The fourth-order valence-corrected chi connectivity index (χ4v) is 6.88. The molecule has 0 unspecified atom stereocenters. The average Bonchev–Trinajstić information content (AvgIpc) is 2.94. The summed E-state index contributed by atoms with van der Waals surface area (Å²) in [5, 5.41) is 3.97. The minimum Gasteiger partial charge on any atom is -0.301 e. The first kappa shape index (κ1) is 16.5. The van der Waals surface area contributed by atoms with Crippen molar-refractivity contribution in [2.24, 2.45) is 23.2 Å². The van der Waals surface area contributed by atoms with E-state index in [2.05, 4.69) is 43.4 Å². The summed E-state index contributed by atoms with van der Waals surface area (Å²) in [5.41, 5.74) is 3.26. The molecule has 1 aromatic heterocycles. The van der Waals surface area contributed by atoms with Crippen molar-refractivity contribution in [3.63, 3.8) is 0 Å². The quantitative estimate of drug-likeness (QED) is 0.770. The smallest absolute Gasteiger partial charge is 0.232 e. The van der Waals surface area contributed by atoms with Crippen LogP contribution in [0.5, 0.6) is 0 Å². The van der Waals surface area contributed by atoms with Crippen LogP contribution < -0.4 is 5.32 Å². The molecule has 2 aromatic rings. The molecule has 0 radical (unpaired) electrons. The Balaban J connectivity index is 1.38. The van der Waals surface area contributed by atoms with E-state index in [4.69, 9.17) is 4.98 Å². The van der Waals surface area contributed by atoms with E-state index in [0.717, 1.165) is 58.3 Å². The molecule has 4 saturated carbocycles. The van der Waals surface area contributed by atoms with Gasteiger partial charge in [-0.05, 0) is 70.1 Å². The van der Waals surface area contributed by atoms with Crippen LogP contribution in [0.4, 0.5) is 5.13 Å². The molecule has 4 fully saturated rings. The fraction of sp³-hybridized carbons (Fsp3) is 0.545. The van der Waals surface area contributed by atoms with Crippen LogP contribution in [-0.2, 0) is 4.79 Å². The van der Waals surface area contributed by atoms with Crippen LogP contribution in [0.3, 0.4) is 0 Å². The molecule has 1 N–H and O–H groups in total. The molecule has 0 atom stereocenters. The van der Waals surface area contributed by atoms with E-state index in [1.54, 1.807) is 11.3 Å². The normalized spacial score (nSPS) is 32.0. The number of nitrogens with one attached hydrogen (secondary N) is 1. The van der Waals surface area contributed by atoms with Crippen molar-refractivity contribution in [1.29, 1.82) is 0 Å². The van der Waals surface area contributed by atoms with Gasteiger partial charge in [0, 0.05) is 10.4 Å². The van der Waals surface area contributed by atoms with Gasteiger partial charge in [0.05, 0.1) is 11.1 Å². The number of thiazole rings is 1. The molecule has 0 aliphatic heterocycles. The molecule has 1 heterocycles. The highest BCUT2D eigenvalue weighted by Crippen LogP contribution is 2.60. The Morgan fingerprint density at radius 3 is 2.19 bits per heavy atom. The van der Waals surface area contributed by atoms with Crippen molar-refractivity contribution in [2.45, 2.75) is 52.4 Å². The number of amides is 1. The Morgan fingerprint density at radius 1 is 1.04 bits per heavy atom. The van der Waals surface area contributed by atoms with Gasteiger partial charge in [-0.3, -0.25) is 4.79 Å². The van der Waals surface area contributed by atoms with Gasteiger partial charge in [0.25, 0.3) is 0 Å². The van der Waals surface area contributed by atoms with Crippen LogP contribution >= 0.6 is 11.3 Å². The highest BCUT2D eigenvalue weighted by molar-refractivity contribution is 7.16. The molecular weight excluding hydrogens is 340 g/mol. The molecule has 1 amide bonds. The third-order valence-corrected chi connectivity index (χ3v) is 7.75. The highest BCUT2D eigenvalue weighted by Gasteiger charge is 2.54. The molecule has 6 rings (SSSR count). The van der Waals surface area contributed by atoms with E-state index < -0.39 is 0 Å². The number of nitrogens with zero attached hydrogens (tertiary/aromatic N) is 1. The van der Waals surface area contributed by atoms with Gasteiger partial charge in [-0.1, -0.05) is 29.8 Å². The first-order valence-electron chi connectivity index (χ1n) is 9.87. The van der Waals surface area contributed by atoms with Gasteiger partial charge in [0.15, 0.2) is 5.13 Å². The van der Waals surface area contributed by atoms with Gasteiger partial charge in [0.1, 0.15) is 0 Å². The monoisotopic (exact) mass is 366 g/mol. The Labute approximate surface area is 159 Å². The lowest BCUT2D eigenvalue weighted by Gasteiger charge is -2.55. The third-order valence-electron chi connectivity index (χ3n) is 6.86. The predicted octanol–water partition coefficient (Wildman–Crippen LogP) is 5.58. The molecule has 4 bridgehead atoms. The van der Waals surface area contributed by atoms with Gasteiger partial charge in [-0.2, -0.15) is 0 Å². The van der Waals surface area contributed by atoms with Crippen molar-refractivity contribution in [2.75, 3.05) is 5.32 Å². The van der Waals surface area contributed by atoms with Crippen molar-refractivity contribution >= 4 is 22.4 Å². The summed E-state index contributed by atoms with van der Waals surface area (Å²) in [7, 11) is 0. The van der Waals surface area contributed by atoms with Gasteiger partial charge in [-0.25, -0.2) is 4.98 Å². The molecule has 0 saturated heterocycles. The van der Waals surface area contributed by atoms with E-state index >= 15 is 0 Å². The zero-order valence-corrected chi connectivity index (χ0v) is 16.4. The fourth-order valence-electron chi connectivity index (χ4n) is 6.05. The summed E-state index contributed by atoms with van der Waals surface area (Å²) in [5.74, 6) is 2.59. The van der Waals surface area contributed by atoms with Crippen LogP contribution in [-0.4, -0.2) is 10.9 Å². The van der Waals surface area contributed by atoms with Crippen LogP contribution in [0, 0.1) is 37.0 Å². The standard InChI is InChI=1S/C22H26N2OS/c1-13-3-5-18(6-4-13)19-14(2)26-21(23-19)24-20(25)22-10-15-7-16(11-22)9-17(8-15)12-22/h3-6,15-17H,7-12H2,1-2H3,(H,23,24,25). The molecule has 3 nitrogen and oxygen atoms in total. The maximum Gasteiger partial charge on any atom is 0.232 e. The predicted molar refractivity (Wildman–Crippen MR) is 106 cm³/mol. The summed E-state index contributed by atoms with van der Waals surface area (Å²) < 4.78 is 0. The van der Waals surface area contributed by atoms with Crippen LogP contribution in [0.2, 0.25) is 0 Å². The maximum atomic E-state index is 13.2. The zero-order valence-electron chi connectivity index (χ0n) is 15.5. The second-order valence-corrected chi connectivity index (χ2v) is 10.1. The molecule has 136 valence electrons. The topological polar surface area (TPSA) is 42.0 Å². The molecule has 4 aliphatic carbocycles. The molecule has 4 heteroatoms. The summed E-state index contributed by atoms with van der Waals surface area (Å²) in [6, 6.07) is 8.45. The van der Waals surface area contributed by atoms with E-state index in [0.29, 0.717) is 0 Å². The van der Waals surface area contributed by atoms with Crippen molar-refractivity contribution in [3.05, 3.63) is 34.7 Å². The van der Waals surface area contributed by atoms with Gasteiger partial charge >= 0.3 is 0 Å². The number of aromatic nitrogens is 1. The van der Waals surface area contributed by atoms with Crippen molar-refractivity contribution in [1.82, 2.24) is 4.98 Å². The van der Waals surface area contributed by atoms with Gasteiger partial charge in [-0.15, -0.1) is 11.3 Å². The number of carbonyl (C=O) groups is 1. The second kappa shape index (κ2) is 5.91. The number of benzene rings is 1. The number of carbonyl (C=O) groups excluding carboxylic acids is 1. The molecule has 4 aliphatic rings. The summed E-state index contributed by atoms with van der Waals surface area (Å²) in [4.78, 5) is 19.1. The molecule has 0 spiro atoms. The summed E-state index contributed by atoms with van der Waals surface area (Å²) in [6.07, 6.45) is 7.38. The van der Waals surface area contributed by atoms with Crippen LogP contribution in [0.15, 0.2) is 24.3 Å². The number of anilines is 1. The lowest BCUT2D eigenvalue weighted by molar-refractivity contribution is -0.140. The summed E-state index contributed by atoms with van der Waals surface area (Å²) >= 11 is 1.60. The lowest BCUT2D eigenvalue weighted by Crippen LogP contribution is -2.51. The Morgan fingerprint density at radius 2 is 1.62 bits per heavy atom. The second-order valence-electron chi connectivity index (χ2n) is 8.94. The van der Waals surface area contributed by atoms with Crippen molar-refractivity contribution < 1.29 is 4.79 Å². The number of hydrogen-bond acceptors (Lipinski definition) is 3. The van der Waals surface area contributed by atoms with Crippen LogP contribution in [0.1, 0.15) is 49.0 Å². The van der Waals surface area contributed by atoms with E-state index in [-0.39, 0.29) is 11.3 Å².